The number of piperidine rings is 1. The maximum absolute atomic E-state index is 13.5. The predicted octanol–water partition coefficient (Wildman–Crippen LogP) is 3.95. The monoisotopic (exact) mass is 355 g/mol. The maximum Gasteiger partial charge on any atom is 0.228 e. The minimum Gasteiger partial charge on any atom is -0.342 e. The number of amides is 1. The number of likely N-dealkylation sites (tertiary alicyclic amines) is 1. The molecule has 0 N–H and O–H groups in total. The van der Waals surface area contributed by atoms with Crippen molar-refractivity contribution in [1.82, 2.24) is 14.7 Å². The summed E-state index contributed by atoms with van der Waals surface area (Å²) < 4.78 is 2.16. The van der Waals surface area contributed by atoms with Crippen LogP contribution in [0.3, 0.4) is 0 Å². The van der Waals surface area contributed by atoms with Crippen LogP contribution in [0.5, 0.6) is 0 Å². The van der Waals surface area contributed by atoms with Crippen molar-refractivity contribution in [2.45, 2.75) is 71.8 Å². The van der Waals surface area contributed by atoms with Crippen LogP contribution in [0.15, 0.2) is 6.07 Å². The average molecular weight is 356 g/mol. The molecule has 0 radical (unpaired) electrons. The van der Waals surface area contributed by atoms with Crippen LogP contribution >= 0.6 is 0 Å². The van der Waals surface area contributed by atoms with Crippen molar-refractivity contribution in [3.8, 4) is 0 Å². The fourth-order valence-electron chi connectivity index (χ4n) is 7.13. The van der Waals surface area contributed by atoms with Gasteiger partial charge in [-0.05, 0) is 95.0 Å². The molecule has 4 heteroatoms. The zero-order valence-electron chi connectivity index (χ0n) is 16.4. The van der Waals surface area contributed by atoms with Crippen LogP contribution in [-0.2, 0) is 11.3 Å². The van der Waals surface area contributed by atoms with E-state index in [1.165, 1.54) is 44.2 Å². The Morgan fingerprint density at radius 2 is 1.65 bits per heavy atom. The molecule has 4 nitrogen and oxygen atoms in total. The lowest BCUT2D eigenvalue weighted by Gasteiger charge is -2.57. The Balaban J connectivity index is 1.22. The Morgan fingerprint density at radius 3 is 2.15 bits per heavy atom. The van der Waals surface area contributed by atoms with Crippen LogP contribution in [0.25, 0.3) is 0 Å². The minimum absolute atomic E-state index is 0.0390. The molecular weight excluding hydrogens is 322 g/mol. The Labute approximate surface area is 157 Å². The Bertz CT molecular complexity index is 663. The highest BCUT2D eigenvalue weighted by Gasteiger charge is 2.55. The number of hydrogen-bond acceptors (Lipinski definition) is 2. The minimum atomic E-state index is 0.0390. The molecule has 6 rings (SSSR count). The van der Waals surface area contributed by atoms with Gasteiger partial charge in [-0.1, -0.05) is 0 Å². The van der Waals surface area contributed by atoms with Crippen molar-refractivity contribution < 1.29 is 4.79 Å². The van der Waals surface area contributed by atoms with E-state index in [2.05, 4.69) is 34.6 Å². The molecule has 5 aliphatic rings. The summed E-state index contributed by atoms with van der Waals surface area (Å²) in [5.74, 6) is 3.76. The molecule has 4 aliphatic carbocycles. The second-order valence-electron chi connectivity index (χ2n) is 10.0. The second kappa shape index (κ2) is 6.10. The second-order valence-corrected chi connectivity index (χ2v) is 10.0. The number of carbonyl (C=O) groups excluding carboxylic acids is 1. The fraction of sp³-hybridized carbons (Fsp3) is 0.818. The molecule has 0 spiro atoms. The molecule has 1 aromatic heterocycles. The van der Waals surface area contributed by atoms with Crippen LogP contribution in [0.2, 0.25) is 0 Å². The van der Waals surface area contributed by atoms with E-state index < -0.39 is 0 Å². The largest absolute Gasteiger partial charge is 0.342 e. The number of rotatable bonds is 3. The molecule has 142 valence electrons. The molecule has 4 bridgehead atoms. The molecular formula is C22H33N3O. The van der Waals surface area contributed by atoms with E-state index >= 15 is 0 Å². The molecule has 4 saturated carbocycles. The smallest absolute Gasteiger partial charge is 0.228 e. The number of aromatic nitrogens is 2. The summed E-state index contributed by atoms with van der Waals surface area (Å²) in [6, 6.07) is 2.16. The van der Waals surface area contributed by atoms with E-state index in [9.17, 15) is 4.79 Å². The molecule has 0 unspecified atom stereocenters. The molecule has 1 aliphatic heterocycles. The van der Waals surface area contributed by atoms with Crippen molar-refractivity contribution in [2.24, 2.45) is 29.1 Å². The average Bonchev–Trinajstić information content (AvgIpc) is 2.91. The molecule has 1 aromatic rings. The zero-order chi connectivity index (χ0) is 17.9. The highest BCUT2D eigenvalue weighted by molar-refractivity contribution is 5.83. The first-order chi connectivity index (χ1) is 12.5. The first-order valence-corrected chi connectivity index (χ1v) is 10.8. The van der Waals surface area contributed by atoms with E-state index in [1.807, 2.05) is 0 Å². The summed E-state index contributed by atoms with van der Waals surface area (Å²) in [6.07, 6.45) is 10.1. The van der Waals surface area contributed by atoms with Crippen LogP contribution in [0.4, 0.5) is 0 Å². The highest BCUT2D eigenvalue weighted by Crippen LogP contribution is 2.60. The molecule has 26 heavy (non-hydrogen) atoms. The van der Waals surface area contributed by atoms with Crippen LogP contribution in [0.1, 0.15) is 62.8 Å². The SMILES string of the molecule is Cc1cc(C)n(CC2CCN(C(=O)C34CC5CC(CC(C5)C3)C4)CC2)n1. The third-order valence-electron chi connectivity index (χ3n) is 7.93. The number of carbonyl (C=O) groups is 1. The summed E-state index contributed by atoms with van der Waals surface area (Å²) in [5, 5.41) is 4.62. The lowest BCUT2D eigenvalue weighted by atomic mass is 9.49. The van der Waals surface area contributed by atoms with Gasteiger partial charge in [0.1, 0.15) is 0 Å². The first kappa shape index (κ1) is 16.8. The number of hydrogen-bond donors (Lipinski definition) is 0. The topological polar surface area (TPSA) is 38.1 Å². The van der Waals surface area contributed by atoms with E-state index in [0.29, 0.717) is 11.8 Å². The molecule has 1 saturated heterocycles. The van der Waals surface area contributed by atoms with Crippen LogP contribution < -0.4 is 0 Å². The van der Waals surface area contributed by atoms with Crippen molar-refractivity contribution in [3.63, 3.8) is 0 Å². The van der Waals surface area contributed by atoms with Gasteiger partial charge in [0.05, 0.1) is 11.1 Å². The molecule has 0 aromatic carbocycles. The van der Waals surface area contributed by atoms with Crippen molar-refractivity contribution in [2.75, 3.05) is 13.1 Å². The molecule has 0 atom stereocenters. The third kappa shape index (κ3) is 2.80. The van der Waals surface area contributed by atoms with Crippen molar-refractivity contribution in [3.05, 3.63) is 17.5 Å². The quantitative estimate of drug-likeness (QED) is 0.823. The third-order valence-corrected chi connectivity index (χ3v) is 7.93. The fourth-order valence-corrected chi connectivity index (χ4v) is 7.13. The predicted molar refractivity (Wildman–Crippen MR) is 102 cm³/mol. The summed E-state index contributed by atoms with van der Waals surface area (Å²) >= 11 is 0. The first-order valence-electron chi connectivity index (χ1n) is 10.8. The maximum atomic E-state index is 13.5. The van der Waals surface area contributed by atoms with Gasteiger partial charge < -0.3 is 4.90 Å². The Kier molecular flexibility index (Phi) is 3.95. The van der Waals surface area contributed by atoms with E-state index in [0.717, 1.165) is 55.9 Å². The summed E-state index contributed by atoms with van der Waals surface area (Å²) in [6.45, 7) is 7.15. The normalized spacial score (nSPS) is 36.7. The van der Waals surface area contributed by atoms with Crippen molar-refractivity contribution in [1.29, 1.82) is 0 Å². The summed E-state index contributed by atoms with van der Waals surface area (Å²) in [7, 11) is 0. The Hall–Kier alpha value is -1.32. The number of aryl methyl sites for hydroxylation is 2. The number of nitrogens with zero attached hydrogens (tertiary/aromatic N) is 3. The van der Waals surface area contributed by atoms with Gasteiger partial charge in [0, 0.05) is 25.3 Å². The van der Waals surface area contributed by atoms with Gasteiger partial charge >= 0.3 is 0 Å². The molecule has 1 amide bonds. The van der Waals surface area contributed by atoms with Gasteiger partial charge in [0.25, 0.3) is 0 Å². The van der Waals surface area contributed by atoms with Gasteiger partial charge in [-0.15, -0.1) is 0 Å². The van der Waals surface area contributed by atoms with Gasteiger partial charge in [-0.2, -0.15) is 5.10 Å². The van der Waals surface area contributed by atoms with E-state index in [1.54, 1.807) is 0 Å². The lowest BCUT2D eigenvalue weighted by molar-refractivity contribution is -0.159. The van der Waals surface area contributed by atoms with Gasteiger partial charge in [-0.25, -0.2) is 0 Å². The molecule has 5 fully saturated rings. The van der Waals surface area contributed by atoms with Crippen molar-refractivity contribution >= 4 is 5.91 Å². The summed E-state index contributed by atoms with van der Waals surface area (Å²) in [4.78, 5) is 15.7. The standard InChI is InChI=1S/C22H33N3O/c1-15-7-16(2)25(23-15)14-17-3-5-24(6-4-17)21(26)22-11-18-8-19(12-22)10-20(9-18)13-22/h7,17-20H,3-6,8-14H2,1-2H3. The van der Waals surface area contributed by atoms with Gasteiger partial charge in [0.15, 0.2) is 0 Å². The van der Waals surface area contributed by atoms with E-state index in [4.69, 9.17) is 0 Å². The molecule has 2 heterocycles. The highest BCUT2D eigenvalue weighted by atomic mass is 16.2. The van der Waals surface area contributed by atoms with Gasteiger partial charge in [0.2, 0.25) is 5.91 Å². The van der Waals surface area contributed by atoms with Crippen LogP contribution in [0, 0.1) is 42.9 Å². The summed E-state index contributed by atoms with van der Waals surface area (Å²) in [5.41, 5.74) is 2.41. The van der Waals surface area contributed by atoms with Gasteiger partial charge in [-0.3, -0.25) is 9.48 Å². The Morgan fingerprint density at radius 1 is 1.08 bits per heavy atom. The lowest BCUT2D eigenvalue weighted by Crippen LogP contribution is -2.55. The van der Waals surface area contributed by atoms with Crippen LogP contribution in [-0.4, -0.2) is 33.7 Å². The van der Waals surface area contributed by atoms with E-state index in [-0.39, 0.29) is 5.41 Å². The zero-order valence-corrected chi connectivity index (χ0v) is 16.4.